The molecule has 9 heteroatoms. The average Bonchev–Trinajstić information content (AvgIpc) is 3.67. The number of ether oxygens (including phenoxy) is 3. The normalized spacial score (nSPS) is 18.8. The van der Waals surface area contributed by atoms with Gasteiger partial charge in [0, 0.05) is 29.9 Å². The highest BCUT2D eigenvalue weighted by Gasteiger charge is 2.34. The first-order valence-corrected chi connectivity index (χ1v) is 15.2. The lowest BCUT2D eigenvalue weighted by molar-refractivity contribution is -0.139. The fourth-order valence-electron chi connectivity index (χ4n) is 6.18. The van der Waals surface area contributed by atoms with Gasteiger partial charge >= 0.3 is 5.97 Å². The summed E-state index contributed by atoms with van der Waals surface area (Å²) >= 11 is 1.34. The maximum absolute atomic E-state index is 14.2. The molecule has 2 aromatic carbocycles. The third-order valence-electron chi connectivity index (χ3n) is 8.26. The first-order valence-electron chi connectivity index (χ1n) is 14.4. The van der Waals surface area contributed by atoms with Crippen LogP contribution in [-0.2, 0) is 20.8 Å². The van der Waals surface area contributed by atoms with Crippen LogP contribution in [0.2, 0.25) is 0 Å². The van der Waals surface area contributed by atoms with E-state index in [4.69, 9.17) is 19.2 Å². The zero-order valence-electron chi connectivity index (χ0n) is 24.6. The van der Waals surface area contributed by atoms with Crippen LogP contribution in [0.1, 0.15) is 55.2 Å². The van der Waals surface area contributed by atoms with Crippen LogP contribution in [0, 0.1) is 13.8 Å². The van der Waals surface area contributed by atoms with Gasteiger partial charge in [0.2, 0.25) is 0 Å². The maximum atomic E-state index is 14.2. The van der Waals surface area contributed by atoms with E-state index in [1.54, 1.807) is 25.5 Å². The van der Waals surface area contributed by atoms with Crippen molar-refractivity contribution in [1.82, 2.24) is 9.13 Å². The van der Waals surface area contributed by atoms with Gasteiger partial charge in [-0.3, -0.25) is 9.36 Å². The van der Waals surface area contributed by atoms with Crippen LogP contribution in [0.3, 0.4) is 0 Å². The number of aryl methyl sites for hydroxylation is 1. The van der Waals surface area contributed by atoms with E-state index in [2.05, 4.69) is 24.5 Å². The third-order valence-corrected chi connectivity index (χ3v) is 9.24. The summed E-state index contributed by atoms with van der Waals surface area (Å²) < 4.78 is 21.5. The van der Waals surface area contributed by atoms with Crippen molar-refractivity contribution >= 4 is 34.2 Å². The standard InChI is InChI=1S/C33H35N3O5S/c1-6-40-32(38)29-20(3)34-33-36(30(29)26-13-14-27(39-5)25-12-8-7-11-24(25)26)31(37)28(42-33)17-22-16-19(2)35(21(22)4)18-23-10-9-15-41-23/h7-8,11-14,16-17,23,30H,6,9-10,15,18H2,1-5H3. The first-order chi connectivity index (χ1) is 20.3. The van der Waals surface area contributed by atoms with Gasteiger partial charge in [-0.2, -0.15) is 0 Å². The van der Waals surface area contributed by atoms with E-state index in [0.717, 1.165) is 65.0 Å². The number of aromatic nitrogens is 2. The molecule has 4 aromatic rings. The molecule has 1 fully saturated rings. The summed E-state index contributed by atoms with van der Waals surface area (Å²) in [5.41, 5.74) is 4.73. The average molecular weight is 586 g/mol. The summed E-state index contributed by atoms with van der Waals surface area (Å²) in [6, 6.07) is 13.1. The van der Waals surface area contributed by atoms with Crippen LogP contribution in [-0.4, -0.2) is 41.5 Å². The van der Waals surface area contributed by atoms with Gasteiger partial charge in [0.1, 0.15) is 5.75 Å². The Morgan fingerprint density at radius 2 is 1.95 bits per heavy atom. The molecule has 6 rings (SSSR count). The van der Waals surface area contributed by atoms with E-state index < -0.39 is 12.0 Å². The number of carbonyl (C=O) groups is 1. The summed E-state index contributed by atoms with van der Waals surface area (Å²) in [5, 5.41) is 1.79. The lowest BCUT2D eigenvalue weighted by atomic mass is 9.91. The number of carbonyl (C=O) groups excluding carboxylic acids is 1. The van der Waals surface area contributed by atoms with Gasteiger partial charge in [0.05, 0.1) is 41.7 Å². The third kappa shape index (κ3) is 4.80. The minimum atomic E-state index is -0.704. The molecule has 1 saturated heterocycles. The van der Waals surface area contributed by atoms with E-state index in [-0.39, 0.29) is 18.3 Å². The molecule has 0 aliphatic carbocycles. The summed E-state index contributed by atoms with van der Waals surface area (Å²) in [4.78, 5) is 32.9. The molecule has 0 N–H and O–H groups in total. The molecule has 8 nitrogen and oxygen atoms in total. The van der Waals surface area contributed by atoms with Gasteiger partial charge in [-0.15, -0.1) is 0 Å². The monoisotopic (exact) mass is 585 g/mol. The van der Waals surface area contributed by atoms with Crippen molar-refractivity contribution in [2.45, 2.75) is 59.2 Å². The zero-order valence-corrected chi connectivity index (χ0v) is 25.4. The second-order valence-corrected chi connectivity index (χ2v) is 11.8. The van der Waals surface area contributed by atoms with Crippen molar-refractivity contribution in [2.75, 3.05) is 20.3 Å². The van der Waals surface area contributed by atoms with Crippen LogP contribution in [0.4, 0.5) is 0 Å². The number of esters is 1. The number of thiazole rings is 1. The summed E-state index contributed by atoms with van der Waals surface area (Å²) in [7, 11) is 1.64. The number of methoxy groups -OCH3 is 1. The van der Waals surface area contributed by atoms with Crippen molar-refractivity contribution in [1.29, 1.82) is 0 Å². The second kappa shape index (κ2) is 11.4. The quantitative estimate of drug-likeness (QED) is 0.297. The number of benzene rings is 2. The molecule has 2 aliphatic rings. The molecular formula is C33H35N3O5S. The van der Waals surface area contributed by atoms with Gasteiger partial charge in [-0.1, -0.05) is 41.7 Å². The molecule has 218 valence electrons. The minimum Gasteiger partial charge on any atom is -0.496 e. The molecule has 0 radical (unpaired) electrons. The van der Waals surface area contributed by atoms with Crippen molar-refractivity contribution in [2.24, 2.45) is 4.99 Å². The van der Waals surface area contributed by atoms with Crippen LogP contribution < -0.4 is 19.6 Å². The van der Waals surface area contributed by atoms with Crippen LogP contribution in [0.15, 0.2) is 63.5 Å². The van der Waals surface area contributed by atoms with Gasteiger partial charge < -0.3 is 18.8 Å². The van der Waals surface area contributed by atoms with E-state index in [9.17, 15) is 9.59 Å². The Labute approximate surface area is 248 Å². The van der Waals surface area contributed by atoms with Crippen molar-refractivity contribution in [3.63, 3.8) is 0 Å². The minimum absolute atomic E-state index is 0.193. The Morgan fingerprint density at radius 1 is 1.17 bits per heavy atom. The summed E-state index contributed by atoms with van der Waals surface area (Å²) in [6.45, 7) is 9.59. The van der Waals surface area contributed by atoms with Crippen molar-refractivity contribution in [3.8, 4) is 5.75 Å². The highest BCUT2D eigenvalue weighted by Crippen LogP contribution is 2.38. The molecule has 0 bridgehead atoms. The largest absolute Gasteiger partial charge is 0.496 e. The lowest BCUT2D eigenvalue weighted by Crippen LogP contribution is -2.40. The smallest absolute Gasteiger partial charge is 0.338 e. The molecule has 2 unspecified atom stereocenters. The maximum Gasteiger partial charge on any atom is 0.338 e. The fraction of sp³-hybridized carbons (Fsp3) is 0.364. The Bertz CT molecular complexity index is 1910. The number of fused-ring (bicyclic) bond motifs is 2. The Hall–Kier alpha value is -3.95. The van der Waals surface area contributed by atoms with Crippen LogP contribution in [0.5, 0.6) is 5.75 Å². The van der Waals surface area contributed by atoms with E-state index in [1.807, 2.05) is 42.5 Å². The number of rotatable bonds is 7. The van der Waals surface area contributed by atoms with Gasteiger partial charge in [-0.05, 0) is 75.3 Å². The Kier molecular flexibility index (Phi) is 7.64. The predicted molar refractivity (Wildman–Crippen MR) is 164 cm³/mol. The van der Waals surface area contributed by atoms with Gasteiger partial charge in [0.15, 0.2) is 4.80 Å². The zero-order chi connectivity index (χ0) is 29.5. The van der Waals surface area contributed by atoms with Crippen LogP contribution >= 0.6 is 11.3 Å². The van der Waals surface area contributed by atoms with Gasteiger partial charge in [-0.25, -0.2) is 9.79 Å². The Balaban J connectivity index is 1.54. The number of allylic oxidation sites excluding steroid dienone is 1. The fourth-order valence-corrected chi connectivity index (χ4v) is 7.22. The SMILES string of the molecule is CCOC(=O)C1=C(C)N=c2sc(=Cc3cc(C)n(CC4CCCO4)c3C)c(=O)n2C1c1ccc(OC)c2ccccc12. The van der Waals surface area contributed by atoms with Crippen molar-refractivity contribution in [3.05, 3.63) is 95.9 Å². The molecule has 2 aromatic heterocycles. The molecule has 0 amide bonds. The molecule has 2 aliphatic heterocycles. The topological polar surface area (TPSA) is 84.0 Å². The molecule has 4 heterocycles. The lowest BCUT2D eigenvalue weighted by Gasteiger charge is -2.26. The highest BCUT2D eigenvalue weighted by molar-refractivity contribution is 7.07. The molecule has 0 spiro atoms. The van der Waals surface area contributed by atoms with E-state index >= 15 is 0 Å². The van der Waals surface area contributed by atoms with Crippen LogP contribution in [0.25, 0.3) is 16.8 Å². The molecule has 42 heavy (non-hydrogen) atoms. The van der Waals surface area contributed by atoms with Gasteiger partial charge in [0.25, 0.3) is 5.56 Å². The van der Waals surface area contributed by atoms with Crippen molar-refractivity contribution < 1.29 is 19.0 Å². The van der Waals surface area contributed by atoms with E-state index in [0.29, 0.717) is 20.6 Å². The number of nitrogens with zero attached hydrogens (tertiary/aromatic N) is 3. The van der Waals surface area contributed by atoms with E-state index in [1.165, 1.54) is 11.3 Å². The number of hydrogen-bond acceptors (Lipinski definition) is 7. The number of hydrogen-bond donors (Lipinski definition) is 0. The summed E-state index contributed by atoms with van der Waals surface area (Å²) in [6.07, 6.45) is 4.32. The second-order valence-electron chi connectivity index (χ2n) is 10.8. The molecule has 0 saturated carbocycles. The predicted octanol–water partition coefficient (Wildman–Crippen LogP) is 4.56. The highest BCUT2D eigenvalue weighted by atomic mass is 32.1. The molecule has 2 atom stereocenters. The first kappa shape index (κ1) is 28.2. The summed E-state index contributed by atoms with van der Waals surface area (Å²) in [5.74, 6) is 0.245. The molecular weight excluding hydrogens is 550 g/mol. The Morgan fingerprint density at radius 3 is 2.67 bits per heavy atom.